The molecule has 0 N–H and O–H groups in total. The van der Waals surface area contributed by atoms with Crippen LogP contribution in [0.25, 0.3) is 54.9 Å². The summed E-state index contributed by atoms with van der Waals surface area (Å²) in [5.41, 5.74) is 17.1. The Bertz CT molecular complexity index is 2500. The van der Waals surface area contributed by atoms with Crippen LogP contribution in [0.2, 0.25) is 0 Å². The van der Waals surface area contributed by atoms with Gasteiger partial charge in [0.25, 0.3) is 0 Å². The number of benzene rings is 6. The number of aryl methyl sites for hydroxylation is 4. The third-order valence-electron chi connectivity index (χ3n) is 12.6. The Kier molecular flexibility index (Phi) is 17.9. The van der Waals surface area contributed by atoms with Crippen molar-refractivity contribution < 1.29 is 20.8 Å². The molecule has 8 aromatic rings. The van der Waals surface area contributed by atoms with Crippen LogP contribution in [0.3, 0.4) is 0 Å². The Balaban J connectivity index is 0.000000155. The second-order valence-electron chi connectivity index (χ2n) is 16.7. The largest absolute Gasteiger partial charge is 0.184 e. The van der Waals surface area contributed by atoms with Crippen molar-refractivity contribution in [2.24, 2.45) is 0 Å². The zero-order chi connectivity index (χ0) is 44.2. The van der Waals surface area contributed by atoms with Crippen molar-refractivity contribution >= 4 is 58.5 Å². The van der Waals surface area contributed by atoms with Gasteiger partial charge in [-0.1, -0.05) is 173 Å². The summed E-state index contributed by atoms with van der Waals surface area (Å²) in [6.45, 7) is 18.2. The van der Waals surface area contributed by atoms with Gasteiger partial charge < -0.3 is 0 Å². The summed E-state index contributed by atoms with van der Waals surface area (Å²) in [5.74, 6) is 1.25. The van der Waals surface area contributed by atoms with E-state index in [2.05, 4.69) is 195 Å². The first-order valence-corrected chi connectivity index (χ1v) is 29.9. The van der Waals surface area contributed by atoms with Crippen LogP contribution in [0, 0.1) is 19.9 Å². The molecule has 62 heavy (non-hydrogen) atoms. The van der Waals surface area contributed by atoms with Gasteiger partial charge in [-0.05, 0) is 60.8 Å². The monoisotopic (exact) mass is 945 g/mol. The van der Waals surface area contributed by atoms with Gasteiger partial charge in [-0.25, -0.2) is 0 Å². The zero-order valence-corrected chi connectivity index (χ0v) is 42.9. The Morgan fingerprint density at radius 3 is 1.45 bits per heavy atom. The average molecular weight is 948 g/mol. The fourth-order valence-electron chi connectivity index (χ4n) is 8.77. The minimum absolute atomic E-state index is 0.627. The van der Waals surface area contributed by atoms with Gasteiger partial charge in [0.15, 0.2) is 0 Å². The molecule has 0 fully saturated rings. The van der Waals surface area contributed by atoms with Crippen molar-refractivity contribution in [2.45, 2.75) is 106 Å². The Morgan fingerprint density at radius 2 is 1.00 bits per heavy atom. The quantitative estimate of drug-likeness (QED) is 0.0947. The van der Waals surface area contributed by atoms with Gasteiger partial charge in [0.1, 0.15) is 0 Å². The maximum absolute atomic E-state index is 4.93. The summed E-state index contributed by atoms with van der Waals surface area (Å²) in [6, 6.07) is 54.7. The summed E-state index contributed by atoms with van der Waals surface area (Å²) in [6.07, 6.45) is 7.04. The molecule has 1 heterocycles. The molecule has 0 bridgehead atoms. The summed E-state index contributed by atoms with van der Waals surface area (Å²) < 4.78 is 0. The number of fused-ring (bicyclic) bond motifs is 5. The third-order valence-corrected chi connectivity index (χ3v) is 13.9. The van der Waals surface area contributed by atoms with Crippen molar-refractivity contribution in [2.75, 3.05) is 0 Å². The van der Waals surface area contributed by atoms with Crippen LogP contribution in [-0.4, -0.2) is 9.52 Å². The standard InChI is InChI=1S/2C23H27.C12H7Si.2ClH.Zr/c2*1-5-9-18-12-13-19-14-20(16(3)6-2)15-22(19)23(18)21-11-8-7-10-17(21)4;1-3-7-11-9(5-1)10-6-2-4-8-12(10)13-11;;;/h2*7-8,10-16H,5-6,9H2,1-4H3;1-7H;2*1H;/q3*-1;;;+2/p-2. The number of rotatable bonds is 10. The molecule has 318 valence electrons. The minimum Gasteiger partial charge on any atom is -0.184 e. The summed E-state index contributed by atoms with van der Waals surface area (Å²) in [5, 5.41) is 8.46. The van der Waals surface area contributed by atoms with Crippen LogP contribution >= 0.6 is 17.0 Å². The van der Waals surface area contributed by atoms with Gasteiger partial charge in [0.05, 0.1) is 9.52 Å². The van der Waals surface area contributed by atoms with Crippen molar-refractivity contribution in [3.63, 3.8) is 0 Å². The molecule has 2 radical (unpaired) electrons. The Hall–Kier alpha value is -3.78. The van der Waals surface area contributed by atoms with E-state index < -0.39 is 20.8 Å². The number of hydrogen-bond acceptors (Lipinski definition) is 0. The molecule has 0 amide bonds. The Labute approximate surface area is 394 Å². The van der Waals surface area contributed by atoms with E-state index in [4.69, 9.17) is 17.0 Å². The fourth-order valence-corrected chi connectivity index (χ4v) is 10.1. The molecule has 8 aromatic carbocycles. The van der Waals surface area contributed by atoms with Crippen LogP contribution in [0.4, 0.5) is 0 Å². The normalized spacial score (nSPS) is 12.2. The molecule has 0 saturated carbocycles. The first-order chi connectivity index (χ1) is 30.2. The molecule has 9 rings (SSSR count). The number of halogens is 2. The van der Waals surface area contributed by atoms with E-state index in [1.54, 1.807) is 0 Å². The molecule has 0 aliphatic carbocycles. The SMILES string of the molecule is CCCc1ccc2[cH-]c(C(C)CC)cc2c1-c1ccccc1C.CCCc1ccc2[cH-]c(C(C)CC)cc2c1-c1ccccc1C.[Cl][Zr][Cl].[c-]1cccc2c1[Si]c1ccccc1-2. The molecule has 4 heteroatoms. The molecule has 2 unspecified atom stereocenters. The molecule has 0 spiro atoms. The van der Waals surface area contributed by atoms with Gasteiger partial charge in [0.2, 0.25) is 0 Å². The van der Waals surface area contributed by atoms with Gasteiger partial charge in [0, 0.05) is 0 Å². The molecule has 1 aliphatic heterocycles. The van der Waals surface area contributed by atoms with E-state index in [0.29, 0.717) is 11.8 Å². The molecule has 0 saturated heterocycles. The molecular formula is C58H61Cl2SiZr-3. The smallest absolute Gasteiger partial charge is 0.0920 e. The topological polar surface area (TPSA) is 0 Å². The molecular weight excluding hydrogens is 887 g/mol. The van der Waals surface area contributed by atoms with E-state index in [-0.39, 0.29) is 0 Å². The summed E-state index contributed by atoms with van der Waals surface area (Å²) in [7, 11) is 10.7. The summed E-state index contributed by atoms with van der Waals surface area (Å²) >= 11 is -0.826. The fraction of sp³-hybridized carbons (Fsp3) is 0.276. The number of hydrogen-bond donors (Lipinski definition) is 0. The van der Waals surface area contributed by atoms with E-state index in [1.807, 2.05) is 6.07 Å². The maximum Gasteiger partial charge on any atom is 0.0920 e. The summed E-state index contributed by atoms with van der Waals surface area (Å²) in [4.78, 5) is 0. The van der Waals surface area contributed by atoms with Crippen molar-refractivity contribution in [3.05, 3.63) is 179 Å². The molecule has 0 aromatic heterocycles. The van der Waals surface area contributed by atoms with Crippen LogP contribution in [0.15, 0.2) is 140 Å². The van der Waals surface area contributed by atoms with Crippen LogP contribution < -0.4 is 10.4 Å². The van der Waals surface area contributed by atoms with E-state index >= 15 is 0 Å². The zero-order valence-electron chi connectivity index (χ0n) is 37.9. The molecule has 0 nitrogen and oxygen atoms in total. The second kappa shape index (κ2) is 23.2. The predicted molar refractivity (Wildman–Crippen MR) is 272 cm³/mol. The predicted octanol–water partition coefficient (Wildman–Crippen LogP) is 16.5. The maximum atomic E-state index is 4.93. The van der Waals surface area contributed by atoms with Crippen molar-refractivity contribution in [1.29, 1.82) is 0 Å². The minimum atomic E-state index is -0.826. The van der Waals surface area contributed by atoms with Crippen LogP contribution in [0.5, 0.6) is 0 Å². The van der Waals surface area contributed by atoms with Gasteiger partial charge >= 0.3 is 37.9 Å². The van der Waals surface area contributed by atoms with E-state index in [0.717, 1.165) is 22.4 Å². The molecule has 1 aliphatic rings. The van der Waals surface area contributed by atoms with Gasteiger partial charge in [-0.15, -0.1) is 74.6 Å². The van der Waals surface area contributed by atoms with Gasteiger partial charge in [-0.2, -0.15) is 41.6 Å². The van der Waals surface area contributed by atoms with E-state index in [1.165, 1.54) is 124 Å². The van der Waals surface area contributed by atoms with Crippen molar-refractivity contribution in [3.8, 4) is 33.4 Å². The van der Waals surface area contributed by atoms with Crippen LogP contribution in [0.1, 0.15) is 112 Å². The van der Waals surface area contributed by atoms with Crippen molar-refractivity contribution in [1.82, 2.24) is 0 Å². The first kappa shape index (κ1) is 47.7. The van der Waals surface area contributed by atoms with Crippen LogP contribution in [-0.2, 0) is 33.7 Å². The second-order valence-corrected chi connectivity index (χ2v) is 21.8. The first-order valence-electron chi connectivity index (χ1n) is 22.6. The third kappa shape index (κ3) is 11.1. The van der Waals surface area contributed by atoms with E-state index in [9.17, 15) is 0 Å². The molecule has 2 atom stereocenters. The average Bonchev–Trinajstić information content (AvgIpc) is 4.03. The Morgan fingerprint density at radius 1 is 0.565 bits per heavy atom. The van der Waals surface area contributed by atoms with Gasteiger partial charge in [-0.3, -0.25) is 0 Å².